The lowest BCUT2D eigenvalue weighted by Gasteiger charge is -2.09. The lowest BCUT2D eigenvalue weighted by atomic mass is 10.2. The summed E-state index contributed by atoms with van der Waals surface area (Å²) in [6.07, 6.45) is 2.90. The van der Waals surface area contributed by atoms with Crippen LogP contribution in [0, 0.1) is 0 Å². The average molecular weight is 454 g/mol. The lowest BCUT2D eigenvalue weighted by molar-refractivity contribution is -0.116. The normalized spacial score (nSPS) is 10.9. The number of rotatable bonds is 7. The van der Waals surface area contributed by atoms with Crippen molar-refractivity contribution < 1.29 is 14.3 Å². The largest absolute Gasteiger partial charge is 0.462 e. The highest BCUT2D eigenvalue weighted by atomic mass is 35.5. The molecule has 7 nitrogen and oxygen atoms in total. The van der Waals surface area contributed by atoms with Crippen molar-refractivity contribution in [2.75, 3.05) is 11.9 Å². The first-order chi connectivity index (χ1) is 13.9. The highest BCUT2D eigenvalue weighted by Crippen LogP contribution is 2.29. The van der Waals surface area contributed by atoms with E-state index in [0.29, 0.717) is 15.5 Å². The number of ether oxygens (including phenoxy) is 1. The van der Waals surface area contributed by atoms with Crippen LogP contribution >= 0.6 is 34.5 Å². The highest BCUT2D eigenvalue weighted by Gasteiger charge is 2.19. The highest BCUT2D eigenvalue weighted by molar-refractivity contribution is 7.17. The Morgan fingerprint density at radius 3 is 2.86 bits per heavy atom. The Morgan fingerprint density at radius 1 is 1.31 bits per heavy atom. The predicted molar refractivity (Wildman–Crippen MR) is 114 cm³/mol. The number of hydrogen-bond acceptors (Lipinski definition) is 6. The lowest BCUT2D eigenvalue weighted by Crippen LogP contribution is -2.28. The van der Waals surface area contributed by atoms with Crippen LogP contribution in [0.25, 0.3) is 10.2 Å². The number of thiophene rings is 1. The summed E-state index contributed by atoms with van der Waals surface area (Å²) in [5.41, 5.74) is -0.000688. The van der Waals surface area contributed by atoms with E-state index in [9.17, 15) is 14.4 Å². The zero-order valence-electron chi connectivity index (χ0n) is 15.4. The molecular formula is C19H17Cl2N3O4S. The van der Waals surface area contributed by atoms with Crippen molar-refractivity contribution in [3.8, 4) is 0 Å². The Kier molecular flexibility index (Phi) is 6.89. The quantitative estimate of drug-likeness (QED) is 0.423. The molecule has 152 valence electrons. The maximum absolute atomic E-state index is 12.8. The second-order valence-electron chi connectivity index (χ2n) is 6.15. The summed E-state index contributed by atoms with van der Waals surface area (Å²) in [7, 11) is 0. The number of esters is 1. The molecular weight excluding hydrogens is 437 g/mol. The minimum atomic E-state index is -0.573. The molecule has 0 atom stereocenters. The van der Waals surface area contributed by atoms with E-state index in [2.05, 4.69) is 10.3 Å². The SMILES string of the molecule is CCCCOC(=O)c1csc2ncn(CC(=O)Nc3cccc(Cl)c3Cl)c(=O)c12. The molecule has 2 heterocycles. The van der Waals surface area contributed by atoms with Crippen LogP contribution in [0.5, 0.6) is 0 Å². The molecule has 0 radical (unpaired) electrons. The first kappa shape index (κ1) is 21.3. The van der Waals surface area contributed by atoms with Crippen molar-refractivity contribution in [2.45, 2.75) is 26.3 Å². The van der Waals surface area contributed by atoms with E-state index in [1.54, 1.807) is 23.6 Å². The number of halogens is 2. The second-order valence-corrected chi connectivity index (χ2v) is 7.79. The molecule has 0 aliphatic heterocycles. The van der Waals surface area contributed by atoms with Crippen molar-refractivity contribution in [1.82, 2.24) is 9.55 Å². The number of nitrogens with zero attached hydrogens (tertiary/aromatic N) is 2. The van der Waals surface area contributed by atoms with Gasteiger partial charge in [-0.1, -0.05) is 42.6 Å². The average Bonchev–Trinajstić information content (AvgIpc) is 3.13. The van der Waals surface area contributed by atoms with Crippen LogP contribution in [0.3, 0.4) is 0 Å². The fraction of sp³-hybridized carbons (Fsp3) is 0.263. The van der Waals surface area contributed by atoms with Crippen LogP contribution < -0.4 is 10.9 Å². The molecule has 0 saturated heterocycles. The number of amides is 1. The number of fused-ring (bicyclic) bond motifs is 1. The predicted octanol–water partition coefficient (Wildman–Crippen LogP) is 4.36. The van der Waals surface area contributed by atoms with Gasteiger partial charge in [-0.3, -0.25) is 14.2 Å². The van der Waals surface area contributed by atoms with Gasteiger partial charge in [-0.15, -0.1) is 11.3 Å². The molecule has 3 aromatic rings. The van der Waals surface area contributed by atoms with E-state index in [-0.39, 0.29) is 29.1 Å². The third-order valence-electron chi connectivity index (χ3n) is 4.05. The van der Waals surface area contributed by atoms with Gasteiger partial charge in [-0.2, -0.15) is 0 Å². The molecule has 10 heteroatoms. The summed E-state index contributed by atoms with van der Waals surface area (Å²) in [4.78, 5) is 42.1. The fourth-order valence-electron chi connectivity index (χ4n) is 2.56. The molecule has 29 heavy (non-hydrogen) atoms. The summed E-state index contributed by atoms with van der Waals surface area (Å²) >= 11 is 13.2. The van der Waals surface area contributed by atoms with Gasteiger partial charge in [0.15, 0.2) is 0 Å². The van der Waals surface area contributed by atoms with Gasteiger partial charge < -0.3 is 10.1 Å². The van der Waals surface area contributed by atoms with Crippen LogP contribution in [-0.4, -0.2) is 28.0 Å². The smallest absolute Gasteiger partial charge is 0.339 e. The molecule has 0 aliphatic rings. The number of nitrogens with one attached hydrogen (secondary N) is 1. The van der Waals surface area contributed by atoms with Crippen LogP contribution in [0.15, 0.2) is 34.7 Å². The van der Waals surface area contributed by atoms with Gasteiger partial charge in [-0.25, -0.2) is 9.78 Å². The number of benzene rings is 1. The third-order valence-corrected chi connectivity index (χ3v) is 5.76. The number of aromatic nitrogens is 2. The molecule has 0 fully saturated rings. The van der Waals surface area contributed by atoms with E-state index in [4.69, 9.17) is 27.9 Å². The van der Waals surface area contributed by atoms with Gasteiger partial charge in [0.05, 0.1) is 39.6 Å². The Balaban J connectivity index is 1.83. The van der Waals surface area contributed by atoms with Crippen molar-refractivity contribution in [1.29, 1.82) is 0 Å². The van der Waals surface area contributed by atoms with Gasteiger partial charge in [0.1, 0.15) is 11.4 Å². The number of carbonyl (C=O) groups is 2. The van der Waals surface area contributed by atoms with E-state index >= 15 is 0 Å². The van der Waals surface area contributed by atoms with E-state index < -0.39 is 17.4 Å². The third kappa shape index (κ3) is 4.77. The van der Waals surface area contributed by atoms with Crippen molar-refractivity contribution in [3.63, 3.8) is 0 Å². The molecule has 1 aromatic carbocycles. The monoisotopic (exact) mass is 453 g/mol. The molecule has 1 amide bonds. The van der Waals surface area contributed by atoms with Crippen LogP contribution in [0.2, 0.25) is 10.0 Å². The molecule has 0 saturated carbocycles. The number of carbonyl (C=O) groups excluding carboxylic acids is 2. The summed E-state index contributed by atoms with van der Waals surface area (Å²) in [5, 5.41) is 4.81. The standard InChI is InChI=1S/C19H17Cl2N3O4S/c1-2-3-7-28-19(27)11-9-29-17-15(11)18(26)24(10-22-17)8-14(25)23-13-6-4-5-12(20)16(13)21/h4-6,9-10H,2-3,7-8H2,1H3,(H,23,25). The van der Waals surface area contributed by atoms with Crippen molar-refractivity contribution in [3.05, 3.63) is 55.9 Å². The second kappa shape index (κ2) is 9.39. The minimum Gasteiger partial charge on any atom is -0.462 e. The van der Waals surface area contributed by atoms with Gasteiger partial charge in [-0.05, 0) is 18.6 Å². The van der Waals surface area contributed by atoms with E-state index in [1.807, 2.05) is 6.92 Å². The molecule has 0 bridgehead atoms. The summed E-state index contributed by atoms with van der Waals surface area (Å²) in [6.45, 7) is 1.97. The topological polar surface area (TPSA) is 90.3 Å². The molecule has 0 spiro atoms. The van der Waals surface area contributed by atoms with Gasteiger partial charge in [0, 0.05) is 5.38 Å². The van der Waals surface area contributed by atoms with Crippen LogP contribution in [-0.2, 0) is 16.1 Å². The first-order valence-electron chi connectivity index (χ1n) is 8.80. The van der Waals surface area contributed by atoms with Gasteiger partial charge >= 0.3 is 5.97 Å². The fourth-order valence-corrected chi connectivity index (χ4v) is 3.78. The summed E-state index contributed by atoms with van der Waals surface area (Å²) in [5.74, 6) is -1.06. The zero-order valence-corrected chi connectivity index (χ0v) is 17.7. The Labute approximate surface area is 180 Å². The number of unbranched alkanes of at least 4 members (excludes halogenated alkanes) is 1. The van der Waals surface area contributed by atoms with Gasteiger partial charge in [0.2, 0.25) is 5.91 Å². The Bertz CT molecular complexity index is 1130. The zero-order chi connectivity index (χ0) is 21.0. The minimum absolute atomic E-state index is 0.146. The molecule has 1 N–H and O–H groups in total. The molecule has 0 aliphatic carbocycles. The molecule has 2 aromatic heterocycles. The Morgan fingerprint density at radius 2 is 2.10 bits per heavy atom. The summed E-state index contributed by atoms with van der Waals surface area (Å²) < 4.78 is 6.33. The van der Waals surface area contributed by atoms with Crippen molar-refractivity contribution >= 4 is 62.3 Å². The molecule has 3 rings (SSSR count). The van der Waals surface area contributed by atoms with Gasteiger partial charge in [0.25, 0.3) is 5.56 Å². The molecule has 0 unspecified atom stereocenters. The summed E-state index contributed by atoms with van der Waals surface area (Å²) in [6, 6.07) is 4.84. The maximum Gasteiger partial charge on any atom is 0.339 e. The number of hydrogen-bond donors (Lipinski definition) is 1. The van der Waals surface area contributed by atoms with Crippen LogP contribution in [0.4, 0.5) is 5.69 Å². The van der Waals surface area contributed by atoms with E-state index in [0.717, 1.165) is 17.4 Å². The Hall–Kier alpha value is -2.42. The van der Waals surface area contributed by atoms with Crippen molar-refractivity contribution in [2.24, 2.45) is 0 Å². The van der Waals surface area contributed by atoms with Crippen LogP contribution in [0.1, 0.15) is 30.1 Å². The maximum atomic E-state index is 12.8. The van der Waals surface area contributed by atoms with E-state index in [1.165, 1.54) is 17.7 Å². The number of anilines is 1. The first-order valence-corrected chi connectivity index (χ1v) is 10.4.